The number of pyridine rings is 1. The van der Waals surface area contributed by atoms with Crippen LogP contribution in [-0.4, -0.2) is 4.98 Å². The Labute approximate surface area is 139 Å². The van der Waals surface area contributed by atoms with Crippen molar-refractivity contribution in [1.29, 1.82) is 0 Å². The van der Waals surface area contributed by atoms with Gasteiger partial charge in [0.1, 0.15) is 0 Å². The highest BCUT2D eigenvalue weighted by molar-refractivity contribution is 9.11. The minimum absolute atomic E-state index is 0.127. The maximum atomic E-state index is 5.82. The molecular formula is C16H13Br2N3. The van der Waals surface area contributed by atoms with E-state index in [9.17, 15) is 0 Å². The summed E-state index contributed by atoms with van der Waals surface area (Å²) < 4.78 is 2.00. The largest absolute Gasteiger partial charge is 0.271 e. The number of hydrogen-bond acceptors (Lipinski definition) is 3. The first-order chi connectivity index (χ1) is 10.2. The summed E-state index contributed by atoms with van der Waals surface area (Å²) in [6, 6.07) is 14.1. The lowest BCUT2D eigenvalue weighted by Gasteiger charge is -2.19. The second-order valence-corrected chi connectivity index (χ2v) is 6.58. The van der Waals surface area contributed by atoms with Gasteiger partial charge in [-0.05, 0) is 29.1 Å². The van der Waals surface area contributed by atoms with Gasteiger partial charge in [-0.2, -0.15) is 0 Å². The van der Waals surface area contributed by atoms with Crippen LogP contribution in [0.5, 0.6) is 0 Å². The molecule has 5 heteroatoms. The van der Waals surface area contributed by atoms with Gasteiger partial charge >= 0.3 is 0 Å². The maximum Gasteiger partial charge on any atom is 0.0731 e. The van der Waals surface area contributed by atoms with Crippen molar-refractivity contribution in [3.8, 4) is 0 Å². The summed E-state index contributed by atoms with van der Waals surface area (Å²) in [6.07, 6.45) is 3.73. The van der Waals surface area contributed by atoms with Crippen LogP contribution in [0.1, 0.15) is 17.2 Å². The highest BCUT2D eigenvalue weighted by Gasteiger charge is 2.16. The second kappa shape index (κ2) is 6.23. The van der Waals surface area contributed by atoms with Crippen LogP contribution in [0.25, 0.3) is 10.8 Å². The van der Waals surface area contributed by atoms with Crippen LogP contribution in [-0.2, 0) is 0 Å². The first-order valence-corrected chi connectivity index (χ1v) is 8.02. The van der Waals surface area contributed by atoms with Crippen molar-refractivity contribution in [1.82, 2.24) is 10.4 Å². The number of halogens is 2. The molecule has 3 nitrogen and oxygen atoms in total. The van der Waals surface area contributed by atoms with Crippen LogP contribution in [0.15, 0.2) is 63.8 Å². The average Bonchev–Trinajstić information content (AvgIpc) is 2.47. The zero-order valence-electron chi connectivity index (χ0n) is 11.1. The Hall–Kier alpha value is -1.27. The highest BCUT2D eigenvalue weighted by atomic mass is 79.9. The summed E-state index contributed by atoms with van der Waals surface area (Å²) in [5.74, 6) is 5.82. The fraction of sp³-hybridized carbons (Fsp3) is 0.0625. The fourth-order valence-electron chi connectivity index (χ4n) is 2.48. The van der Waals surface area contributed by atoms with Gasteiger partial charge in [-0.25, -0.2) is 5.43 Å². The van der Waals surface area contributed by atoms with Crippen LogP contribution < -0.4 is 11.3 Å². The van der Waals surface area contributed by atoms with E-state index in [4.69, 9.17) is 5.84 Å². The van der Waals surface area contributed by atoms with Crippen LogP contribution in [0, 0.1) is 0 Å². The molecule has 3 aromatic rings. The van der Waals surface area contributed by atoms with Crippen LogP contribution in [0.2, 0.25) is 0 Å². The van der Waals surface area contributed by atoms with E-state index in [-0.39, 0.29) is 6.04 Å². The monoisotopic (exact) mass is 405 g/mol. The molecule has 0 fully saturated rings. The third kappa shape index (κ3) is 3.01. The smallest absolute Gasteiger partial charge is 0.0731 e. The summed E-state index contributed by atoms with van der Waals surface area (Å²) in [4.78, 5) is 4.33. The van der Waals surface area contributed by atoms with Gasteiger partial charge in [0.25, 0.3) is 0 Å². The summed E-state index contributed by atoms with van der Waals surface area (Å²) in [5.41, 5.74) is 5.02. The van der Waals surface area contributed by atoms with Gasteiger partial charge in [-0.3, -0.25) is 10.8 Å². The molecular weight excluding hydrogens is 394 g/mol. The Morgan fingerprint density at radius 1 is 1.00 bits per heavy atom. The van der Waals surface area contributed by atoms with Crippen LogP contribution in [0.3, 0.4) is 0 Å². The van der Waals surface area contributed by atoms with Crippen molar-refractivity contribution in [3.63, 3.8) is 0 Å². The molecule has 0 aliphatic rings. The maximum absolute atomic E-state index is 5.82. The van der Waals surface area contributed by atoms with E-state index >= 15 is 0 Å². The standard InChI is InChI=1S/C16H13Br2N3/c17-12-5-11(6-13(18)7-12)16(21-19)15-9-20-8-10-3-1-2-4-14(10)15/h1-9,16,21H,19H2. The summed E-state index contributed by atoms with van der Waals surface area (Å²) in [6.45, 7) is 0. The molecule has 1 aromatic heterocycles. The Morgan fingerprint density at radius 2 is 1.71 bits per heavy atom. The number of fused-ring (bicyclic) bond motifs is 1. The lowest BCUT2D eigenvalue weighted by molar-refractivity contribution is 0.638. The molecule has 0 amide bonds. The highest BCUT2D eigenvalue weighted by Crippen LogP contribution is 2.31. The molecule has 2 aromatic carbocycles. The minimum Gasteiger partial charge on any atom is -0.271 e. The molecule has 0 spiro atoms. The molecule has 0 saturated carbocycles. The van der Waals surface area contributed by atoms with E-state index in [1.165, 1.54) is 0 Å². The Morgan fingerprint density at radius 3 is 2.43 bits per heavy atom. The first-order valence-electron chi connectivity index (χ1n) is 6.44. The van der Waals surface area contributed by atoms with Gasteiger partial charge in [0.2, 0.25) is 0 Å². The van der Waals surface area contributed by atoms with E-state index in [1.54, 1.807) is 0 Å². The zero-order chi connectivity index (χ0) is 14.8. The Bertz CT molecular complexity index is 764. The number of aromatic nitrogens is 1. The average molecular weight is 407 g/mol. The van der Waals surface area contributed by atoms with Gasteiger partial charge in [0.15, 0.2) is 0 Å². The number of rotatable bonds is 3. The minimum atomic E-state index is -0.127. The van der Waals surface area contributed by atoms with Crippen LogP contribution in [0.4, 0.5) is 0 Å². The first kappa shape index (κ1) is 14.7. The molecule has 0 aliphatic heterocycles. The van der Waals surface area contributed by atoms with Gasteiger partial charge in [0, 0.05) is 32.3 Å². The predicted octanol–water partition coefficient (Wildman–Crippen LogP) is 4.31. The molecule has 1 atom stereocenters. The number of nitrogens with one attached hydrogen (secondary N) is 1. The van der Waals surface area contributed by atoms with Crippen molar-refractivity contribution in [3.05, 3.63) is 74.9 Å². The lowest BCUT2D eigenvalue weighted by Crippen LogP contribution is -2.29. The molecule has 0 bridgehead atoms. The number of nitrogens with two attached hydrogens (primary N) is 1. The molecule has 3 rings (SSSR count). The van der Waals surface area contributed by atoms with E-state index in [1.807, 2.05) is 30.6 Å². The summed E-state index contributed by atoms with van der Waals surface area (Å²) in [5, 5.41) is 2.25. The van der Waals surface area contributed by atoms with E-state index < -0.39 is 0 Å². The quantitative estimate of drug-likeness (QED) is 0.503. The van der Waals surface area contributed by atoms with Gasteiger partial charge in [-0.1, -0.05) is 56.1 Å². The van der Waals surface area contributed by atoms with E-state index in [0.29, 0.717) is 0 Å². The zero-order valence-corrected chi connectivity index (χ0v) is 14.2. The molecule has 3 N–H and O–H groups in total. The molecule has 1 unspecified atom stereocenters. The second-order valence-electron chi connectivity index (χ2n) is 4.75. The Kier molecular flexibility index (Phi) is 4.35. The van der Waals surface area contributed by atoms with Crippen LogP contribution >= 0.6 is 31.9 Å². The normalized spacial score (nSPS) is 12.5. The molecule has 1 heterocycles. The fourth-order valence-corrected chi connectivity index (χ4v) is 3.81. The summed E-state index contributed by atoms with van der Waals surface area (Å²) in [7, 11) is 0. The van der Waals surface area contributed by atoms with Crippen molar-refractivity contribution in [2.45, 2.75) is 6.04 Å². The van der Waals surface area contributed by atoms with Gasteiger partial charge < -0.3 is 0 Å². The molecule has 0 radical (unpaired) electrons. The molecule has 0 saturated heterocycles. The lowest BCUT2D eigenvalue weighted by atomic mass is 9.96. The number of hydrogen-bond donors (Lipinski definition) is 2. The van der Waals surface area contributed by atoms with E-state index in [2.05, 4.69) is 66.5 Å². The molecule has 21 heavy (non-hydrogen) atoms. The van der Waals surface area contributed by atoms with Gasteiger partial charge in [0.05, 0.1) is 6.04 Å². The van der Waals surface area contributed by atoms with Gasteiger partial charge in [-0.15, -0.1) is 0 Å². The summed E-state index contributed by atoms with van der Waals surface area (Å²) >= 11 is 7.04. The third-order valence-electron chi connectivity index (χ3n) is 3.39. The topological polar surface area (TPSA) is 50.9 Å². The number of hydrazine groups is 1. The van der Waals surface area contributed by atoms with Crippen molar-refractivity contribution >= 4 is 42.6 Å². The van der Waals surface area contributed by atoms with Crippen molar-refractivity contribution < 1.29 is 0 Å². The molecule has 0 aliphatic carbocycles. The van der Waals surface area contributed by atoms with Crippen molar-refractivity contribution in [2.24, 2.45) is 5.84 Å². The third-order valence-corrected chi connectivity index (χ3v) is 4.31. The number of nitrogens with zero attached hydrogens (tertiary/aromatic N) is 1. The SMILES string of the molecule is NNC(c1cc(Br)cc(Br)c1)c1cncc2ccccc12. The van der Waals surface area contributed by atoms with Crippen molar-refractivity contribution in [2.75, 3.05) is 0 Å². The Balaban J connectivity index is 2.18. The number of benzene rings is 2. The van der Waals surface area contributed by atoms with E-state index in [0.717, 1.165) is 30.8 Å². The predicted molar refractivity (Wildman–Crippen MR) is 92.8 cm³/mol. The molecule has 106 valence electrons.